The standard InChI is InChI=1S/C16H30N4O2/c1-5-18-8-12-20(13-9-18)15(22)16(2,3)14(21)19-10-6-17(4)7-11-19/h5-13H2,1-4H3. The maximum Gasteiger partial charge on any atom is 0.237 e. The second kappa shape index (κ2) is 6.96. The molecule has 2 aliphatic heterocycles. The van der Waals surface area contributed by atoms with Gasteiger partial charge in [0.25, 0.3) is 0 Å². The Morgan fingerprint density at radius 2 is 1.23 bits per heavy atom. The number of nitrogens with zero attached hydrogens (tertiary/aromatic N) is 4. The predicted molar refractivity (Wildman–Crippen MR) is 86.6 cm³/mol. The van der Waals surface area contributed by atoms with E-state index >= 15 is 0 Å². The van der Waals surface area contributed by atoms with Gasteiger partial charge in [0.1, 0.15) is 5.41 Å². The lowest BCUT2D eigenvalue weighted by molar-refractivity contribution is -0.156. The maximum atomic E-state index is 12.8. The quantitative estimate of drug-likeness (QED) is 0.686. The minimum atomic E-state index is -0.954. The number of carbonyl (C=O) groups excluding carboxylic acids is 2. The molecule has 2 rings (SSSR count). The Labute approximate surface area is 134 Å². The Bertz CT molecular complexity index is 408. The number of amides is 2. The summed E-state index contributed by atoms with van der Waals surface area (Å²) >= 11 is 0. The topological polar surface area (TPSA) is 47.1 Å². The van der Waals surface area contributed by atoms with Gasteiger partial charge in [0, 0.05) is 52.4 Å². The molecule has 6 nitrogen and oxygen atoms in total. The molecule has 6 heteroatoms. The molecule has 0 radical (unpaired) electrons. The third-order valence-electron chi connectivity index (χ3n) is 4.97. The van der Waals surface area contributed by atoms with Gasteiger partial charge in [0.05, 0.1) is 0 Å². The Morgan fingerprint density at radius 3 is 1.64 bits per heavy atom. The smallest absolute Gasteiger partial charge is 0.237 e. The second-order valence-electron chi connectivity index (χ2n) is 6.95. The number of hydrogen-bond acceptors (Lipinski definition) is 4. The van der Waals surface area contributed by atoms with E-state index < -0.39 is 5.41 Å². The van der Waals surface area contributed by atoms with Gasteiger partial charge in [-0.2, -0.15) is 0 Å². The molecule has 0 aromatic heterocycles. The van der Waals surface area contributed by atoms with Gasteiger partial charge in [-0.05, 0) is 27.4 Å². The number of rotatable bonds is 3. The van der Waals surface area contributed by atoms with E-state index in [-0.39, 0.29) is 11.8 Å². The highest BCUT2D eigenvalue weighted by Gasteiger charge is 2.42. The third-order valence-corrected chi connectivity index (χ3v) is 4.97. The zero-order valence-corrected chi connectivity index (χ0v) is 14.5. The summed E-state index contributed by atoms with van der Waals surface area (Å²) in [5.41, 5.74) is -0.954. The molecule has 0 aliphatic carbocycles. The molecule has 0 atom stereocenters. The van der Waals surface area contributed by atoms with Crippen LogP contribution in [0.3, 0.4) is 0 Å². The summed E-state index contributed by atoms with van der Waals surface area (Å²) in [7, 11) is 2.06. The molecular formula is C16H30N4O2. The van der Waals surface area contributed by atoms with E-state index in [2.05, 4.69) is 23.8 Å². The van der Waals surface area contributed by atoms with E-state index in [0.717, 1.165) is 58.9 Å². The lowest BCUT2D eigenvalue weighted by Gasteiger charge is -2.40. The molecule has 0 spiro atoms. The monoisotopic (exact) mass is 310 g/mol. The van der Waals surface area contributed by atoms with Crippen molar-refractivity contribution in [1.82, 2.24) is 19.6 Å². The minimum absolute atomic E-state index is 0.0211. The van der Waals surface area contributed by atoms with E-state index in [1.165, 1.54) is 0 Å². The van der Waals surface area contributed by atoms with E-state index in [1.54, 1.807) is 13.8 Å². The van der Waals surface area contributed by atoms with Gasteiger partial charge in [-0.1, -0.05) is 6.92 Å². The molecule has 2 heterocycles. The SMILES string of the molecule is CCN1CCN(C(=O)C(C)(C)C(=O)N2CCN(C)CC2)CC1. The van der Waals surface area contributed by atoms with Crippen molar-refractivity contribution >= 4 is 11.8 Å². The van der Waals surface area contributed by atoms with Crippen LogP contribution in [0, 0.1) is 5.41 Å². The van der Waals surface area contributed by atoms with Gasteiger partial charge in [-0.25, -0.2) is 0 Å². The highest BCUT2D eigenvalue weighted by atomic mass is 16.2. The molecule has 0 aromatic rings. The van der Waals surface area contributed by atoms with E-state index in [1.807, 2.05) is 9.80 Å². The second-order valence-corrected chi connectivity index (χ2v) is 6.95. The summed E-state index contributed by atoms with van der Waals surface area (Å²) in [6.07, 6.45) is 0. The van der Waals surface area contributed by atoms with Crippen molar-refractivity contribution in [2.24, 2.45) is 5.41 Å². The number of likely N-dealkylation sites (N-methyl/N-ethyl adjacent to an activating group) is 2. The molecule has 0 saturated carbocycles. The predicted octanol–water partition coefficient (Wildman–Crippen LogP) is -0.0493. The third kappa shape index (κ3) is 3.60. The van der Waals surface area contributed by atoms with Crippen molar-refractivity contribution in [3.8, 4) is 0 Å². The zero-order valence-electron chi connectivity index (χ0n) is 14.5. The first-order chi connectivity index (χ1) is 10.4. The molecule has 0 bridgehead atoms. The molecule has 2 saturated heterocycles. The van der Waals surface area contributed by atoms with Crippen LogP contribution < -0.4 is 0 Å². The van der Waals surface area contributed by atoms with Gasteiger partial charge in [-0.15, -0.1) is 0 Å². The van der Waals surface area contributed by atoms with Crippen molar-refractivity contribution in [3.63, 3.8) is 0 Å². The van der Waals surface area contributed by atoms with Crippen LogP contribution in [-0.2, 0) is 9.59 Å². The average molecular weight is 310 g/mol. The summed E-state index contributed by atoms with van der Waals surface area (Å²) in [6, 6.07) is 0. The molecular weight excluding hydrogens is 280 g/mol. The largest absolute Gasteiger partial charge is 0.339 e. The van der Waals surface area contributed by atoms with Gasteiger partial charge in [0.15, 0.2) is 0 Å². The van der Waals surface area contributed by atoms with Gasteiger partial charge in [0.2, 0.25) is 11.8 Å². The number of piperazine rings is 2. The lowest BCUT2D eigenvalue weighted by Crippen LogP contribution is -2.58. The fourth-order valence-electron chi connectivity index (χ4n) is 3.16. The summed E-state index contributed by atoms with van der Waals surface area (Å²) in [5, 5.41) is 0. The van der Waals surface area contributed by atoms with Crippen LogP contribution in [0.25, 0.3) is 0 Å². The summed E-state index contributed by atoms with van der Waals surface area (Å²) in [5.74, 6) is -0.0456. The average Bonchev–Trinajstić information content (AvgIpc) is 2.54. The molecule has 126 valence electrons. The Balaban J connectivity index is 1.96. The lowest BCUT2D eigenvalue weighted by atomic mass is 9.89. The highest BCUT2D eigenvalue weighted by molar-refractivity contribution is 6.04. The summed E-state index contributed by atoms with van der Waals surface area (Å²) in [6.45, 7) is 13.2. The fraction of sp³-hybridized carbons (Fsp3) is 0.875. The van der Waals surface area contributed by atoms with Crippen LogP contribution >= 0.6 is 0 Å². The van der Waals surface area contributed by atoms with Crippen molar-refractivity contribution in [2.75, 3.05) is 66.0 Å². The van der Waals surface area contributed by atoms with Crippen LogP contribution in [0.5, 0.6) is 0 Å². The van der Waals surface area contributed by atoms with Crippen LogP contribution in [0.2, 0.25) is 0 Å². The minimum Gasteiger partial charge on any atom is -0.339 e. The van der Waals surface area contributed by atoms with Crippen molar-refractivity contribution in [2.45, 2.75) is 20.8 Å². The van der Waals surface area contributed by atoms with Crippen molar-refractivity contribution < 1.29 is 9.59 Å². The summed E-state index contributed by atoms with van der Waals surface area (Å²) in [4.78, 5) is 33.8. The van der Waals surface area contributed by atoms with Crippen LogP contribution in [0.4, 0.5) is 0 Å². The maximum absolute atomic E-state index is 12.8. The first kappa shape index (κ1) is 17.2. The molecule has 22 heavy (non-hydrogen) atoms. The normalized spacial score (nSPS) is 22.0. The molecule has 0 N–H and O–H groups in total. The summed E-state index contributed by atoms with van der Waals surface area (Å²) < 4.78 is 0. The zero-order chi connectivity index (χ0) is 16.3. The highest BCUT2D eigenvalue weighted by Crippen LogP contribution is 2.24. The van der Waals surface area contributed by atoms with Crippen molar-refractivity contribution in [3.05, 3.63) is 0 Å². The van der Waals surface area contributed by atoms with Crippen LogP contribution in [-0.4, -0.2) is 97.4 Å². The number of hydrogen-bond donors (Lipinski definition) is 0. The molecule has 0 unspecified atom stereocenters. The van der Waals surface area contributed by atoms with E-state index in [0.29, 0.717) is 0 Å². The molecule has 2 amide bonds. The van der Waals surface area contributed by atoms with E-state index in [9.17, 15) is 9.59 Å². The molecule has 2 fully saturated rings. The Hall–Kier alpha value is -1.14. The number of carbonyl (C=O) groups is 2. The van der Waals surface area contributed by atoms with Crippen LogP contribution in [0.15, 0.2) is 0 Å². The van der Waals surface area contributed by atoms with Crippen molar-refractivity contribution in [1.29, 1.82) is 0 Å². The van der Waals surface area contributed by atoms with Crippen LogP contribution in [0.1, 0.15) is 20.8 Å². The van der Waals surface area contributed by atoms with Gasteiger partial charge >= 0.3 is 0 Å². The van der Waals surface area contributed by atoms with Gasteiger partial charge < -0.3 is 19.6 Å². The molecule has 0 aromatic carbocycles. The fourth-order valence-corrected chi connectivity index (χ4v) is 3.16. The Morgan fingerprint density at radius 1 is 0.818 bits per heavy atom. The first-order valence-electron chi connectivity index (χ1n) is 8.36. The Kier molecular flexibility index (Phi) is 5.45. The molecule has 2 aliphatic rings. The van der Waals surface area contributed by atoms with E-state index in [4.69, 9.17) is 0 Å². The first-order valence-corrected chi connectivity index (χ1v) is 8.36. The van der Waals surface area contributed by atoms with Gasteiger partial charge in [-0.3, -0.25) is 9.59 Å².